The van der Waals surface area contributed by atoms with E-state index in [2.05, 4.69) is 38.1 Å². The van der Waals surface area contributed by atoms with Gasteiger partial charge in [0.15, 0.2) is 5.96 Å². The average Bonchev–Trinajstić information content (AvgIpc) is 3.01. The fourth-order valence-electron chi connectivity index (χ4n) is 1.46. The molecule has 104 valence electrons. The Labute approximate surface area is 138 Å². The third-order valence-electron chi connectivity index (χ3n) is 2.33. The SMILES string of the molecule is CN=C(NCc1cccs1)NCc1cnc(C)s1.I. The number of aryl methyl sites for hydroxylation is 1. The van der Waals surface area contributed by atoms with Crippen molar-refractivity contribution < 1.29 is 0 Å². The van der Waals surface area contributed by atoms with Crippen molar-refractivity contribution in [1.29, 1.82) is 0 Å². The summed E-state index contributed by atoms with van der Waals surface area (Å²) in [5.74, 6) is 0.814. The quantitative estimate of drug-likeness (QED) is 0.465. The van der Waals surface area contributed by atoms with Crippen LogP contribution in [0.4, 0.5) is 0 Å². The van der Waals surface area contributed by atoms with E-state index < -0.39 is 0 Å². The van der Waals surface area contributed by atoms with Crippen molar-refractivity contribution in [1.82, 2.24) is 15.6 Å². The number of halogens is 1. The molecule has 2 N–H and O–H groups in total. The monoisotopic (exact) mass is 408 g/mol. The van der Waals surface area contributed by atoms with E-state index in [0.717, 1.165) is 24.1 Å². The maximum Gasteiger partial charge on any atom is 0.191 e. The molecule has 0 fully saturated rings. The summed E-state index contributed by atoms with van der Waals surface area (Å²) in [6, 6.07) is 4.16. The van der Waals surface area contributed by atoms with Crippen LogP contribution in [0.3, 0.4) is 0 Å². The zero-order valence-corrected chi connectivity index (χ0v) is 14.8. The van der Waals surface area contributed by atoms with Crippen LogP contribution in [0.25, 0.3) is 0 Å². The molecule has 0 aliphatic rings. The zero-order valence-electron chi connectivity index (χ0n) is 10.8. The minimum Gasteiger partial charge on any atom is -0.352 e. The van der Waals surface area contributed by atoms with Crippen molar-refractivity contribution in [2.24, 2.45) is 4.99 Å². The van der Waals surface area contributed by atoms with Gasteiger partial charge in [0.05, 0.1) is 18.1 Å². The second-order valence-corrected chi connectivity index (χ2v) is 6.06. The van der Waals surface area contributed by atoms with Gasteiger partial charge in [-0.1, -0.05) is 6.07 Å². The number of thiophene rings is 1. The number of guanidine groups is 1. The first-order chi connectivity index (χ1) is 8.78. The highest BCUT2D eigenvalue weighted by molar-refractivity contribution is 14.0. The largest absolute Gasteiger partial charge is 0.352 e. The van der Waals surface area contributed by atoms with Gasteiger partial charge in [-0.2, -0.15) is 0 Å². The summed E-state index contributed by atoms with van der Waals surface area (Å²) >= 11 is 3.44. The van der Waals surface area contributed by atoms with Gasteiger partial charge < -0.3 is 10.6 Å². The molecular weight excluding hydrogens is 391 g/mol. The van der Waals surface area contributed by atoms with Gasteiger partial charge in [-0.15, -0.1) is 46.7 Å². The van der Waals surface area contributed by atoms with Crippen LogP contribution in [0.15, 0.2) is 28.7 Å². The van der Waals surface area contributed by atoms with Crippen LogP contribution < -0.4 is 10.6 Å². The van der Waals surface area contributed by atoms with Gasteiger partial charge in [0.25, 0.3) is 0 Å². The van der Waals surface area contributed by atoms with Crippen LogP contribution in [0.5, 0.6) is 0 Å². The van der Waals surface area contributed by atoms with Crippen molar-refractivity contribution in [3.63, 3.8) is 0 Å². The van der Waals surface area contributed by atoms with E-state index in [0.29, 0.717) is 0 Å². The number of aliphatic imine (C=N–C) groups is 1. The van der Waals surface area contributed by atoms with Crippen LogP contribution in [-0.4, -0.2) is 18.0 Å². The Morgan fingerprint density at radius 3 is 2.58 bits per heavy atom. The first-order valence-corrected chi connectivity index (χ1v) is 7.36. The Bertz CT molecular complexity index is 508. The molecule has 0 atom stereocenters. The normalized spacial score (nSPS) is 10.9. The summed E-state index contributed by atoms with van der Waals surface area (Å²) in [7, 11) is 1.78. The molecule has 0 aliphatic carbocycles. The molecule has 4 nitrogen and oxygen atoms in total. The fraction of sp³-hybridized carbons (Fsp3) is 0.333. The molecule has 0 aromatic carbocycles. The molecule has 0 saturated carbocycles. The number of hydrogen-bond donors (Lipinski definition) is 2. The number of thiazole rings is 1. The summed E-state index contributed by atoms with van der Waals surface area (Å²) < 4.78 is 0. The van der Waals surface area contributed by atoms with E-state index >= 15 is 0 Å². The highest BCUT2D eigenvalue weighted by atomic mass is 127. The molecular formula is C12H17IN4S2. The predicted octanol–water partition coefficient (Wildman–Crippen LogP) is 3.00. The maximum absolute atomic E-state index is 4.23. The van der Waals surface area contributed by atoms with Crippen molar-refractivity contribution in [3.8, 4) is 0 Å². The van der Waals surface area contributed by atoms with Crippen LogP contribution >= 0.6 is 46.7 Å². The lowest BCUT2D eigenvalue weighted by Crippen LogP contribution is -2.35. The van der Waals surface area contributed by atoms with Crippen molar-refractivity contribution in [3.05, 3.63) is 38.5 Å². The second kappa shape index (κ2) is 8.49. The van der Waals surface area contributed by atoms with Gasteiger partial charge in [-0.05, 0) is 18.4 Å². The minimum absolute atomic E-state index is 0. The molecule has 0 radical (unpaired) electrons. The molecule has 2 aromatic heterocycles. The Balaban J connectivity index is 0.00000180. The van der Waals surface area contributed by atoms with E-state index in [1.165, 1.54) is 9.75 Å². The van der Waals surface area contributed by atoms with Gasteiger partial charge >= 0.3 is 0 Å². The average molecular weight is 408 g/mol. The summed E-state index contributed by atoms with van der Waals surface area (Å²) in [5, 5.41) is 9.73. The smallest absolute Gasteiger partial charge is 0.191 e. The lowest BCUT2D eigenvalue weighted by Gasteiger charge is -2.09. The van der Waals surface area contributed by atoms with Gasteiger partial charge in [0, 0.05) is 23.0 Å². The number of rotatable bonds is 4. The summed E-state index contributed by atoms with van der Waals surface area (Å²) in [4.78, 5) is 10.9. The molecule has 0 saturated heterocycles. The van der Waals surface area contributed by atoms with Crippen LogP contribution in [0.2, 0.25) is 0 Å². The summed E-state index contributed by atoms with van der Waals surface area (Å²) in [5.41, 5.74) is 0. The van der Waals surface area contributed by atoms with Crippen LogP contribution in [0.1, 0.15) is 14.8 Å². The molecule has 7 heteroatoms. The van der Waals surface area contributed by atoms with Gasteiger partial charge in [-0.3, -0.25) is 4.99 Å². The molecule has 0 unspecified atom stereocenters. The molecule has 0 bridgehead atoms. The molecule has 0 aliphatic heterocycles. The topological polar surface area (TPSA) is 49.3 Å². The highest BCUT2D eigenvalue weighted by Crippen LogP contribution is 2.10. The molecule has 0 spiro atoms. The minimum atomic E-state index is 0. The standard InChI is InChI=1S/C12H16N4S2.HI/c1-9-14-7-11(18-9)8-16-12(13-2)15-6-10-4-3-5-17-10;/h3-5,7H,6,8H2,1-2H3,(H2,13,15,16);1H. The van der Waals surface area contributed by atoms with E-state index in [9.17, 15) is 0 Å². The third kappa shape index (κ3) is 5.45. The predicted molar refractivity (Wildman–Crippen MR) is 93.6 cm³/mol. The third-order valence-corrected chi connectivity index (χ3v) is 4.12. The maximum atomic E-state index is 4.23. The molecule has 19 heavy (non-hydrogen) atoms. The Hall–Kier alpha value is -0.670. The number of aromatic nitrogens is 1. The number of nitrogens with zero attached hydrogens (tertiary/aromatic N) is 2. The Kier molecular flexibility index (Phi) is 7.32. The second-order valence-electron chi connectivity index (χ2n) is 3.70. The van der Waals surface area contributed by atoms with Crippen molar-refractivity contribution >= 4 is 52.6 Å². The fourth-order valence-corrected chi connectivity index (χ4v) is 2.84. The lowest BCUT2D eigenvalue weighted by atomic mass is 10.4. The first kappa shape index (κ1) is 16.4. The van der Waals surface area contributed by atoms with E-state index in [4.69, 9.17) is 0 Å². The summed E-state index contributed by atoms with van der Waals surface area (Å²) in [6.07, 6.45) is 1.90. The van der Waals surface area contributed by atoms with Crippen LogP contribution in [-0.2, 0) is 13.1 Å². The van der Waals surface area contributed by atoms with E-state index in [-0.39, 0.29) is 24.0 Å². The van der Waals surface area contributed by atoms with E-state index in [1.54, 1.807) is 29.7 Å². The zero-order chi connectivity index (χ0) is 12.8. The molecule has 2 rings (SSSR count). The van der Waals surface area contributed by atoms with Gasteiger partial charge in [-0.25, -0.2) is 4.98 Å². The van der Waals surface area contributed by atoms with Gasteiger partial charge in [0.1, 0.15) is 0 Å². The van der Waals surface area contributed by atoms with Crippen molar-refractivity contribution in [2.75, 3.05) is 7.05 Å². The summed E-state index contributed by atoms with van der Waals surface area (Å²) in [6.45, 7) is 3.58. The molecule has 0 amide bonds. The Morgan fingerprint density at radius 2 is 2.05 bits per heavy atom. The first-order valence-electron chi connectivity index (χ1n) is 5.66. The number of nitrogens with one attached hydrogen (secondary N) is 2. The Morgan fingerprint density at radius 1 is 1.32 bits per heavy atom. The lowest BCUT2D eigenvalue weighted by molar-refractivity contribution is 0.821. The molecule has 2 heterocycles. The van der Waals surface area contributed by atoms with E-state index in [1.807, 2.05) is 13.1 Å². The molecule has 2 aromatic rings. The number of hydrogen-bond acceptors (Lipinski definition) is 4. The van der Waals surface area contributed by atoms with Gasteiger partial charge in [0.2, 0.25) is 0 Å². The van der Waals surface area contributed by atoms with Crippen molar-refractivity contribution in [2.45, 2.75) is 20.0 Å². The van der Waals surface area contributed by atoms with Crippen LogP contribution in [0, 0.1) is 6.92 Å². The highest BCUT2D eigenvalue weighted by Gasteiger charge is 2.01.